The molecule has 20 heavy (non-hydrogen) atoms. The second-order valence-electron chi connectivity index (χ2n) is 6.00. The fourth-order valence-electron chi connectivity index (χ4n) is 2.36. The van der Waals surface area contributed by atoms with E-state index in [1.54, 1.807) is 13.8 Å². The van der Waals surface area contributed by atoms with E-state index in [0.29, 0.717) is 12.8 Å². The average molecular weight is 310 g/mol. The fourth-order valence-corrected chi connectivity index (χ4v) is 2.43. The molecular weight excluding hydrogens is 289 g/mol. The van der Waals surface area contributed by atoms with Crippen molar-refractivity contribution in [3.63, 3.8) is 0 Å². The molecule has 1 amide bonds. The minimum atomic E-state index is -4.32. The highest BCUT2D eigenvalue weighted by atomic mass is 32.1. The molecule has 0 aromatic rings. The minimum absolute atomic E-state index is 0.0281. The number of nitrogens with two attached hydrogens (primary N) is 1. The van der Waals surface area contributed by atoms with Crippen molar-refractivity contribution in [2.75, 3.05) is 6.54 Å². The molecule has 2 unspecified atom stereocenters. The van der Waals surface area contributed by atoms with E-state index >= 15 is 0 Å². The fraction of sp³-hybridized carbons (Fsp3) is 0.846. The van der Waals surface area contributed by atoms with Crippen LogP contribution in [0.1, 0.15) is 39.5 Å². The lowest BCUT2D eigenvalue weighted by atomic mass is 9.78. The number of hydrogen-bond donors (Lipinski definition) is 2. The van der Waals surface area contributed by atoms with Crippen molar-refractivity contribution in [1.29, 1.82) is 0 Å². The third-order valence-corrected chi connectivity index (χ3v) is 4.45. The average Bonchev–Trinajstić information content (AvgIpc) is 2.35. The van der Waals surface area contributed by atoms with E-state index in [4.69, 9.17) is 18.0 Å². The number of alkyl halides is 3. The zero-order valence-corrected chi connectivity index (χ0v) is 12.5. The number of amides is 1. The molecule has 1 saturated carbocycles. The smallest absolute Gasteiger partial charge is 0.392 e. The van der Waals surface area contributed by atoms with Crippen LogP contribution in [-0.2, 0) is 4.79 Å². The van der Waals surface area contributed by atoms with E-state index in [9.17, 15) is 18.0 Å². The Morgan fingerprint density at radius 1 is 1.30 bits per heavy atom. The van der Waals surface area contributed by atoms with Crippen LogP contribution in [-0.4, -0.2) is 23.6 Å². The van der Waals surface area contributed by atoms with Gasteiger partial charge in [0.15, 0.2) is 0 Å². The molecule has 116 valence electrons. The van der Waals surface area contributed by atoms with E-state index in [0.717, 1.165) is 0 Å². The number of carbonyl (C=O) groups excluding carboxylic acids is 1. The van der Waals surface area contributed by atoms with Crippen LogP contribution in [0.5, 0.6) is 0 Å². The van der Waals surface area contributed by atoms with Crippen molar-refractivity contribution in [3.05, 3.63) is 0 Å². The van der Waals surface area contributed by atoms with Crippen molar-refractivity contribution in [1.82, 2.24) is 5.32 Å². The number of thiocarbonyl (C=S) groups is 1. The SMILES string of the molecule is CC(C)(CNC(=O)C1CCCCC1C(F)(F)F)C(N)=S. The Kier molecular flexibility index (Phi) is 5.40. The predicted molar refractivity (Wildman–Crippen MR) is 75.1 cm³/mol. The maximum Gasteiger partial charge on any atom is 0.392 e. The number of halogens is 3. The summed E-state index contributed by atoms with van der Waals surface area (Å²) in [4.78, 5) is 12.3. The predicted octanol–water partition coefficient (Wildman–Crippen LogP) is 2.78. The Morgan fingerprint density at radius 3 is 2.35 bits per heavy atom. The highest BCUT2D eigenvalue weighted by Crippen LogP contribution is 2.41. The van der Waals surface area contributed by atoms with Crippen LogP contribution in [0.25, 0.3) is 0 Å². The van der Waals surface area contributed by atoms with E-state index in [1.807, 2.05) is 0 Å². The van der Waals surface area contributed by atoms with Gasteiger partial charge in [-0.1, -0.05) is 38.9 Å². The normalized spacial score (nSPS) is 24.2. The standard InChI is InChI=1S/C13H21F3N2OS/c1-12(2,11(17)20)7-18-10(19)8-5-3-4-6-9(8)13(14,15)16/h8-9H,3-7H2,1-2H3,(H2,17,20)(H,18,19). The highest BCUT2D eigenvalue weighted by molar-refractivity contribution is 7.80. The lowest BCUT2D eigenvalue weighted by molar-refractivity contribution is -0.198. The maximum atomic E-state index is 12.9. The molecule has 0 aliphatic heterocycles. The van der Waals surface area contributed by atoms with Gasteiger partial charge in [0, 0.05) is 17.9 Å². The first kappa shape index (κ1) is 17.2. The Balaban J connectivity index is 2.67. The van der Waals surface area contributed by atoms with Crippen molar-refractivity contribution >= 4 is 23.1 Å². The first-order valence-corrected chi connectivity index (χ1v) is 7.11. The molecule has 1 fully saturated rings. The Hall–Kier alpha value is -0.850. The molecule has 3 N–H and O–H groups in total. The van der Waals surface area contributed by atoms with Crippen LogP contribution in [0.4, 0.5) is 13.2 Å². The van der Waals surface area contributed by atoms with E-state index in [2.05, 4.69) is 5.32 Å². The summed E-state index contributed by atoms with van der Waals surface area (Å²) in [6, 6.07) is 0. The van der Waals surface area contributed by atoms with E-state index < -0.39 is 29.3 Å². The lowest BCUT2D eigenvalue weighted by Gasteiger charge is -2.33. The van der Waals surface area contributed by atoms with Crippen LogP contribution in [0.15, 0.2) is 0 Å². The Labute approximate surface area is 122 Å². The molecule has 3 nitrogen and oxygen atoms in total. The largest absolute Gasteiger partial charge is 0.393 e. The number of rotatable bonds is 4. The van der Waals surface area contributed by atoms with Crippen molar-refractivity contribution in [2.24, 2.45) is 23.0 Å². The molecule has 0 saturated heterocycles. The Bertz CT molecular complexity index is 382. The van der Waals surface area contributed by atoms with Gasteiger partial charge in [-0.05, 0) is 12.8 Å². The number of nitrogens with one attached hydrogen (secondary N) is 1. The quantitative estimate of drug-likeness (QED) is 0.785. The molecule has 1 aliphatic rings. The molecule has 1 rings (SSSR count). The van der Waals surface area contributed by atoms with Gasteiger partial charge < -0.3 is 11.1 Å². The van der Waals surface area contributed by atoms with E-state index in [1.165, 1.54) is 0 Å². The molecule has 0 radical (unpaired) electrons. The van der Waals surface area contributed by atoms with Gasteiger partial charge in [0.2, 0.25) is 5.91 Å². The van der Waals surface area contributed by atoms with Gasteiger partial charge in [0.05, 0.1) is 10.9 Å². The third-order valence-electron chi connectivity index (χ3n) is 3.89. The minimum Gasteiger partial charge on any atom is -0.393 e. The van der Waals surface area contributed by atoms with Gasteiger partial charge in [0.25, 0.3) is 0 Å². The van der Waals surface area contributed by atoms with Crippen LogP contribution in [0.2, 0.25) is 0 Å². The summed E-state index contributed by atoms with van der Waals surface area (Å²) in [5.41, 5.74) is 4.93. The van der Waals surface area contributed by atoms with Gasteiger partial charge in [-0.2, -0.15) is 13.2 Å². The summed E-state index contributed by atoms with van der Waals surface area (Å²) in [5.74, 6) is -3.08. The van der Waals surface area contributed by atoms with Crippen molar-refractivity contribution in [3.8, 4) is 0 Å². The molecule has 0 spiro atoms. The van der Waals surface area contributed by atoms with Gasteiger partial charge in [0.1, 0.15) is 0 Å². The summed E-state index contributed by atoms with van der Waals surface area (Å²) in [6.07, 6.45) is -2.83. The maximum absolute atomic E-state index is 12.9. The summed E-state index contributed by atoms with van der Waals surface area (Å²) in [6.45, 7) is 3.65. The molecule has 7 heteroatoms. The first-order valence-electron chi connectivity index (χ1n) is 6.70. The number of carbonyl (C=O) groups is 1. The van der Waals surface area contributed by atoms with Gasteiger partial charge in [-0.3, -0.25) is 4.79 Å². The van der Waals surface area contributed by atoms with Crippen LogP contribution in [0.3, 0.4) is 0 Å². The van der Waals surface area contributed by atoms with Crippen LogP contribution < -0.4 is 11.1 Å². The third kappa shape index (κ3) is 4.33. The van der Waals surface area contributed by atoms with Gasteiger partial charge in [-0.15, -0.1) is 0 Å². The molecule has 0 heterocycles. The highest BCUT2D eigenvalue weighted by Gasteiger charge is 2.48. The van der Waals surface area contributed by atoms with Gasteiger partial charge >= 0.3 is 6.18 Å². The second-order valence-corrected chi connectivity index (χ2v) is 6.44. The molecular formula is C13H21F3N2OS. The Morgan fingerprint density at radius 2 is 1.85 bits per heavy atom. The molecule has 0 aromatic carbocycles. The summed E-state index contributed by atoms with van der Waals surface area (Å²) >= 11 is 4.87. The zero-order chi connectivity index (χ0) is 15.6. The number of hydrogen-bond acceptors (Lipinski definition) is 2. The molecule has 2 atom stereocenters. The van der Waals surface area contributed by atoms with E-state index in [-0.39, 0.29) is 24.4 Å². The zero-order valence-electron chi connectivity index (χ0n) is 11.7. The monoisotopic (exact) mass is 310 g/mol. The van der Waals surface area contributed by atoms with Crippen LogP contribution in [0, 0.1) is 17.3 Å². The first-order chi connectivity index (χ1) is 9.05. The molecule has 1 aliphatic carbocycles. The summed E-state index contributed by atoms with van der Waals surface area (Å²) < 4.78 is 38.8. The molecule has 0 bridgehead atoms. The lowest BCUT2D eigenvalue weighted by Crippen LogP contribution is -2.47. The van der Waals surface area contributed by atoms with Crippen molar-refractivity contribution in [2.45, 2.75) is 45.7 Å². The van der Waals surface area contributed by atoms with Crippen LogP contribution >= 0.6 is 12.2 Å². The topological polar surface area (TPSA) is 55.1 Å². The molecule has 0 aromatic heterocycles. The summed E-state index contributed by atoms with van der Waals surface area (Å²) in [7, 11) is 0. The second kappa shape index (κ2) is 6.28. The van der Waals surface area contributed by atoms with Crippen molar-refractivity contribution < 1.29 is 18.0 Å². The summed E-state index contributed by atoms with van der Waals surface area (Å²) in [5, 5.41) is 2.57. The van der Waals surface area contributed by atoms with Gasteiger partial charge in [-0.25, -0.2) is 0 Å².